The Balaban J connectivity index is 1.00. The molecule has 0 radical (unpaired) electrons. The Bertz CT molecular complexity index is 1920. The molecule has 3 aliphatic rings. The number of hydrogen-bond acceptors (Lipinski definition) is 7. The lowest BCUT2D eigenvalue weighted by atomic mass is 9.46. The Kier molecular flexibility index (Phi) is 9.37. The van der Waals surface area contributed by atoms with Gasteiger partial charge in [-0.15, -0.1) is 0 Å². The number of nitrogens with zero attached hydrogens (tertiary/aromatic N) is 3. The van der Waals surface area contributed by atoms with Crippen molar-refractivity contribution < 1.29 is 23.9 Å². The molecule has 2 aromatic heterocycles. The molecule has 6 atom stereocenters. The zero-order valence-corrected chi connectivity index (χ0v) is 29.2. The normalized spacial score (nSPS) is 22.7. The first-order chi connectivity index (χ1) is 24.6. The highest BCUT2D eigenvalue weighted by Gasteiger charge is 2.59. The molecular formula is C38H44N8O5. The van der Waals surface area contributed by atoms with Gasteiger partial charge in [0.2, 0.25) is 17.7 Å². The maximum absolute atomic E-state index is 13.5. The Morgan fingerprint density at radius 3 is 1.92 bits per heavy atom. The lowest BCUT2D eigenvalue weighted by Gasteiger charge is -2.57. The van der Waals surface area contributed by atoms with E-state index in [-0.39, 0.29) is 41.5 Å². The fourth-order valence-corrected chi connectivity index (χ4v) is 7.98. The summed E-state index contributed by atoms with van der Waals surface area (Å²) in [7, 11) is 1.29. The van der Waals surface area contributed by atoms with Crippen LogP contribution in [0, 0.1) is 23.7 Å². The van der Waals surface area contributed by atoms with Gasteiger partial charge in [0.1, 0.15) is 17.7 Å². The summed E-state index contributed by atoms with van der Waals surface area (Å²) < 4.78 is 4.75. The molecule has 5 N–H and O–H groups in total. The molecule has 7 rings (SSSR count). The number of hydrogen-bond donors (Lipinski definition) is 5. The van der Waals surface area contributed by atoms with Crippen molar-refractivity contribution in [3.8, 4) is 33.6 Å². The van der Waals surface area contributed by atoms with Crippen LogP contribution < -0.4 is 16.2 Å². The standard InChI is InChI=1S/C38H44N8O5/c1-20(2)33(43-38(50)51-4)37(49)46-17-5-6-30(46)34-39-18-28(41-34)24-11-7-22(8-12-24)23-9-13-25(14-10-23)29-19-40-35(42-29)31-26-15-16-27(26)32(31)36(48)45-44-21(3)47/h7-14,18-20,26-27,30-33H,5-6,15-17H2,1-4H3,(H,39,41)(H,40,42)(H,43,50)(H,44,47)(H,45,48)/t26?,27-,30+,31-,32-,33+/m1/s1. The molecule has 3 heterocycles. The quantitative estimate of drug-likeness (QED) is 0.152. The van der Waals surface area contributed by atoms with Gasteiger partial charge in [0, 0.05) is 19.4 Å². The second kappa shape index (κ2) is 14.0. The van der Waals surface area contributed by atoms with E-state index >= 15 is 0 Å². The van der Waals surface area contributed by atoms with Crippen LogP contribution in [0.3, 0.4) is 0 Å². The number of fused-ring (bicyclic) bond motifs is 1. The Labute approximate surface area is 296 Å². The second-order valence-corrected chi connectivity index (χ2v) is 14.2. The van der Waals surface area contributed by atoms with Gasteiger partial charge in [-0.1, -0.05) is 62.4 Å². The highest BCUT2D eigenvalue weighted by atomic mass is 16.5. The summed E-state index contributed by atoms with van der Waals surface area (Å²) in [5.41, 5.74) is 10.9. The number of imidazole rings is 2. The number of amides is 4. The minimum Gasteiger partial charge on any atom is -0.453 e. The van der Waals surface area contributed by atoms with Crippen LogP contribution in [0.1, 0.15) is 70.1 Å². The number of alkyl carbamates (subject to hydrolysis) is 1. The van der Waals surface area contributed by atoms with E-state index in [1.54, 1.807) is 6.20 Å². The Hall–Kier alpha value is -5.46. The molecule has 4 amide bonds. The van der Waals surface area contributed by atoms with Crippen LogP contribution in [-0.2, 0) is 19.1 Å². The first-order valence-electron chi connectivity index (χ1n) is 17.7. The minimum atomic E-state index is -0.682. The number of carbonyl (C=O) groups excluding carboxylic acids is 4. The summed E-state index contributed by atoms with van der Waals surface area (Å²) in [4.78, 5) is 67.6. The van der Waals surface area contributed by atoms with E-state index in [2.05, 4.69) is 84.6 Å². The van der Waals surface area contributed by atoms with E-state index in [4.69, 9.17) is 4.74 Å². The number of methoxy groups -OCH3 is 1. The minimum absolute atomic E-state index is 0.0159. The van der Waals surface area contributed by atoms with Gasteiger partial charge in [0.15, 0.2) is 0 Å². The molecule has 2 aliphatic carbocycles. The van der Waals surface area contributed by atoms with Crippen molar-refractivity contribution in [1.82, 2.24) is 41.0 Å². The lowest BCUT2D eigenvalue weighted by Crippen LogP contribution is -2.59. The summed E-state index contributed by atoms with van der Waals surface area (Å²) in [6, 6.07) is 15.7. The topological polar surface area (TPSA) is 174 Å². The number of rotatable bonds is 9. The number of ether oxygens (including phenoxy) is 1. The predicted molar refractivity (Wildman–Crippen MR) is 189 cm³/mol. The largest absolute Gasteiger partial charge is 0.453 e. The molecule has 2 saturated carbocycles. The molecule has 2 aromatic carbocycles. The van der Waals surface area contributed by atoms with Crippen LogP contribution in [0.25, 0.3) is 33.6 Å². The number of nitrogens with one attached hydrogen (secondary N) is 5. The van der Waals surface area contributed by atoms with Crippen LogP contribution in [0.2, 0.25) is 0 Å². The zero-order valence-electron chi connectivity index (χ0n) is 29.2. The molecule has 1 aliphatic heterocycles. The third-order valence-corrected chi connectivity index (χ3v) is 10.8. The number of hydrazine groups is 1. The lowest BCUT2D eigenvalue weighted by molar-refractivity contribution is -0.147. The van der Waals surface area contributed by atoms with Crippen LogP contribution in [0.15, 0.2) is 60.9 Å². The third kappa shape index (κ3) is 6.60. The van der Waals surface area contributed by atoms with Crippen molar-refractivity contribution in [3.63, 3.8) is 0 Å². The van der Waals surface area contributed by atoms with Crippen LogP contribution in [0.4, 0.5) is 4.79 Å². The molecule has 3 fully saturated rings. The Morgan fingerprint density at radius 1 is 0.804 bits per heavy atom. The Morgan fingerprint density at radius 2 is 1.37 bits per heavy atom. The molecule has 0 spiro atoms. The van der Waals surface area contributed by atoms with Gasteiger partial charge in [-0.05, 0) is 65.7 Å². The van der Waals surface area contributed by atoms with Crippen LogP contribution >= 0.6 is 0 Å². The maximum Gasteiger partial charge on any atom is 0.407 e. The van der Waals surface area contributed by atoms with Gasteiger partial charge in [0.05, 0.1) is 42.9 Å². The van der Waals surface area contributed by atoms with Crippen molar-refractivity contribution in [1.29, 1.82) is 0 Å². The summed E-state index contributed by atoms with van der Waals surface area (Å²) in [6.07, 6.45) is 6.76. The highest BCUT2D eigenvalue weighted by Crippen LogP contribution is 2.62. The smallest absolute Gasteiger partial charge is 0.407 e. The number of aromatic nitrogens is 4. The van der Waals surface area contributed by atoms with Crippen molar-refractivity contribution >= 4 is 23.8 Å². The number of likely N-dealkylation sites (tertiary alicyclic amines) is 1. The summed E-state index contributed by atoms with van der Waals surface area (Å²) in [5.74, 6) is 1.45. The first-order valence-corrected chi connectivity index (χ1v) is 17.7. The van der Waals surface area contributed by atoms with Crippen molar-refractivity contribution in [2.24, 2.45) is 23.7 Å². The number of aromatic amines is 2. The van der Waals surface area contributed by atoms with E-state index in [9.17, 15) is 19.2 Å². The second-order valence-electron chi connectivity index (χ2n) is 14.2. The van der Waals surface area contributed by atoms with Crippen LogP contribution in [-0.4, -0.2) is 68.3 Å². The van der Waals surface area contributed by atoms with E-state index in [1.165, 1.54) is 14.0 Å². The number of carbonyl (C=O) groups is 4. The maximum atomic E-state index is 13.5. The molecule has 266 valence electrons. The van der Waals surface area contributed by atoms with E-state index in [1.807, 2.05) is 24.9 Å². The van der Waals surface area contributed by atoms with E-state index < -0.39 is 12.1 Å². The van der Waals surface area contributed by atoms with Gasteiger partial charge in [-0.25, -0.2) is 14.8 Å². The number of benzene rings is 2. The molecule has 0 bridgehead atoms. The van der Waals surface area contributed by atoms with Crippen molar-refractivity contribution in [3.05, 3.63) is 72.6 Å². The first kappa shape index (κ1) is 34.0. The van der Waals surface area contributed by atoms with Gasteiger partial charge in [0.25, 0.3) is 0 Å². The van der Waals surface area contributed by atoms with Crippen molar-refractivity contribution in [2.45, 2.75) is 64.5 Å². The van der Waals surface area contributed by atoms with E-state index in [0.29, 0.717) is 18.4 Å². The predicted octanol–water partition coefficient (Wildman–Crippen LogP) is 5.08. The fraction of sp³-hybridized carbons (Fsp3) is 0.421. The molecule has 13 heteroatoms. The fourth-order valence-electron chi connectivity index (χ4n) is 7.98. The molecule has 13 nitrogen and oxygen atoms in total. The van der Waals surface area contributed by atoms with Crippen molar-refractivity contribution in [2.75, 3.05) is 13.7 Å². The average Bonchev–Trinajstić information content (AvgIpc) is 3.91. The molecule has 1 unspecified atom stereocenters. The zero-order chi connectivity index (χ0) is 35.8. The monoisotopic (exact) mass is 692 g/mol. The summed E-state index contributed by atoms with van der Waals surface area (Å²) in [6.45, 7) is 5.77. The van der Waals surface area contributed by atoms with Crippen LogP contribution in [0.5, 0.6) is 0 Å². The SMILES string of the molecule is COC(=O)N[C@H](C(=O)N1CCC[C@H]1c1ncc(-c2ccc(-c3ccc(-c4cnc([C@@H]5C6CC[C@H]6[C@H]5C(=O)NNC(C)=O)[nH]4)cc3)cc2)[nH]1)C(C)C. The number of H-pyrrole nitrogens is 2. The third-order valence-electron chi connectivity index (χ3n) is 10.8. The average molecular weight is 693 g/mol. The molecular weight excluding hydrogens is 648 g/mol. The molecule has 4 aromatic rings. The summed E-state index contributed by atoms with van der Waals surface area (Å²) >= 11 is 0. The van der Waals surface area contributed by atoms with E-state index in [0.717, 1.165) is 71.0 Å². The summed E-state index contributed by atoms with van der Waals surface area (Å²) in [5, 5.41) is 2.69. The van der Waals surface area contributed by atoms with Gasteiger partial charge < -0.3 is 24.9 Å². The van der Waals surface area contributed by atoms with Gasteiger partial charge >= 0.3 is 6.09 Å². The molecule has 51 heavy (non-hydrogen) atoms. The molecule has 1 saturated heterocycles. The highest BCUT2D eigenvalue weighted by molar-refractivity contribution is 5.86. The van der Waals surface area contributed by atoms with Gasteiger partial charge in [-0.3, -0.25) is 25.2 Å². The van der Waals surface area contributed by atoms with Gasteiger partial charge in [-0.2, -0.15) is 0 Å².